The van der Waals surface area contributed by atoms with Gasteiger partial charge < -0.3 is 10.5 Å². The SMILES string of the molecule is CC(N)c1nn2c(C3CCCO3)nnc2s1. The molecule has 1 aliphatic heterocycles. The van der Waals surface area contributed by atoms with E-state index in [4.69, 9.17) is 10.5 Å². The van der Waals surface area contributed by atoms with Gasteiger partial charge in [-0.25, -0.2) is 0 Å². The van der Waals surface area contributed by atoms with E-state index in [1.807, 2.05) is 6.92 Å². The number of fused-ring (bicyclic) bond motifs is 1. The first-order chi connectivity index (χ1) is 7.75. The molecule has 3 rings (SSSR count). The number of nitrogens with two attached hydrogens (primary N) is 1. The lowest BCUT2D eigenvalue weighted by molar-refractivity contribution is 0.103. The van der Waals surface area contributed by atoms with Crippen molar-refractivity contribution in [2.45, 2.75) is 31.9 Å². The minimum atomic E-state index is -0.0657. The Morgan fingerprint density at radius 2 is 2.44 bits per heavy atom. The summed E-state index contributed by atoms with van der Waals surface area (Å²) in [5.41, 5.74) is 5.80. The Hall–Kier alpha value is -1.05. The van der Waals surface area contributed by atoms with Crippen LogP contribution in [-0.4, -0.2) is 26.4 Å². The molecule has 1 aliphatic rings. The first-order valence-corrected chi connectivity index (χ1v) is 6.16. The van der Waals surface area contributed by atoms with Gasteiger partial charge in [-0.05, 0) is 19.8 Å². The molecular weight excluding hydrogens is 226 g/mol. The normalized spacial score (nSPS) is 23.0. The summed E-state index contributed by atoms with van der Waals surface area (Å²) in [6.07, 6.45) is 2.11. The maximum Gasteiger partial charge on any atom is 0.234 e. The van der Waals surface area contributed by atoms with E-state index in [0.717, 1.165) is 35.2 Å². The van der Waals surface area contributed by atoms with Crippen LogP contribution in [0.25, 0.3) is 4.96 Å². The van der Waals surface area contributed by atoms with E-state index >= 15 is 0 Å². The van der Waals surface area contributed by atoms with Crippen LogP contribution in [0.1, 0.15) is 42.7 Å². The van der Waals surface area contributed by atoms with Crippen molar-refractivity contribution in [1.82, 2.24) is 19.8 Å². The zero-order valence-corrected chi connectivity index (χ0v) is 9.78. The lowest BCUT2D eigenvalue weighted by Gasteiger charge is -2.04. The fourth-order valence-electron chi connectivity index (χ4n) is 1.81. The van der Waals surface area contributed by atoms with Gasteiger partial charge in [0.15, 0.2) is 5.82 Å². The van der Waals surface area contributed by atoms with E-state index in [1.165, 1.54) is 11.3 Å². The second kappa shape index (κ2) is 3.76. The zero-order chi connectivity index (χ0) is 11.1. The number of ether oxygens (including phenoxy) is 1. The first-order valence-electron chi connectivity index (χ1n) is 5.35. The fraction of sp³-hybridized carbons (Fsp3) is 0.667. The molecule has 86 valence electrons. The maximum absolute atomic E-state index is 5.80. The summed E-state index contributed by atoms with van der Waals surface area (Å²) in [5, 5.41) is 13.5. The summed E-state index contributed by atoms with van der Waals surface area (Å²) in [6.45, 7) is 2.71. The van der Waals surface area contributed by atoms with Gasteiger partial charge in [-0.2, -0.15) is 9.61 Å². The van der Waals surface area contributed by atoms with Crippen LogP contribution in [-0.2, 0) is 4.74 Å². The molecule has 2 N–H and O–H groups in total. The quantitative estimate of drug-likeness (QED) is 0.847. The van der Waals surface area contributed by atoms with Crippen molar-refractivity contribution in [3.8, 4) is 0 Å². The highest BCUT2D eigenvalue weighted by atomic mass is 32.1. The summed E-state index contributed by atoms with van der Waals surface area (Å²) in [7, 11) is 0. The molecule has 3 heterocycles. The van der Waals surface area contributed by atoms with Gasteiger partial charge in [0.05, 0.1) is 6.04 Å². The third-order valence-corrected chi connectivity index (χ3v) is 3.74. The predicted octanol–water partition coefficient (Wildman–Crippen LogP) is 1.06. The summed E-state index contributed by atoms with van der Waals surface area (Å²) >= 11 is 1.48. The minimum Gasteiger partial charge on any atom is -0.370 e. The first kappa shape index (κ1) is 10.1. The van der Waals surface area contributed by atoms with Crippen LogP contribution in [0.4, 0.5) is 0 Å². The second-order valence-electron chi connectivity index (χ2n) is 3.98. The molecule has 0 amide bonds. The Morgan fingerprint density at radius 3 is 3.12 bits per heavy atom. The molecule has 0 bridgehead atoms. The maximum atomic E-state index is 5.80. The number of hydrogen-bond donors (Lipinski definition) is 1. The smallest absolute Gasteiger partial charge is 0.234 e. The van der Waals surface area contributed by atoms with E-state index in [2.05, 4.69) is 15.3 Å². The van der Waals surface area contributed by atoms with Gasteiger partial charge in [0.1, 0.15) is 11.1 Å². The third-order valence-electron chi connectivity index (χ3n) is 2.64. The summed E-state index contributed by atoms with van der Waals surface area (Å²) in [6, 6.07) is -0.0657. The molecule has 0 aliphatic carbocycles. The number of nitrogens with zero attached hydrogens (tertiary/aromatic N) is 4. The van der Waals surface area contributed by atoms with Crippen LogP contribution in [0.5, 0.6) is 0 Å². The highest BCUT2D eigenvalue weighted by molar-refractivity contribution is 7.16. The third kappa shape index (κ3) is 1.51. The number of aromatic nitrogens is 4. The number of rotatable bonds is 2. The molecule has 1 saturated heterocycles. The molecule has 0 saturated carbocycles. The molecule has 2 aromatic heterocycles. The Kier molecular flexibility index (Phi) is 2.38. The number of hydrogen-bond acceptors (Lipinski definition) is 6. The Bertz CT molecular complexity index is 499. The molecule has 0 aromatic carbocycles. The molecule has 6 nitrogen and oxygen atoms in total. The fourth-order valence-corrected chi connectivity index (χ4v) is 2.61. The van der Waals surface area contributed by atoms with Crippen molar-refractivity contribution >= 4 is 16.3 Å². The van der Waals surface area contributed by atoms with Crippen molar-refractivity contribution in [2.75, 3.05) is 6.61 Å². The van der Waals surface area contributed by atoms with Gasteiger partial charge in [-0.1, -0.05) is 11.3 Å². The van der Waals surface area contributed by atoms with Crippen molar-refractivity contribution in [1.29, 1.82) is 0 Å². The van der Waals surface area contributed by atoms with E-state index in [9.17, 15) is 0 Å². The Morgan fingerprint density at radius 1 is 1.56 bits per heavy atom. The van der Waals surface area contributed by atoms with Gasteiger partial charge in [0, 0.05) is 6.61 Å². The van der Waals surface area contributed by atoms with Crippen LogP contribution in [0.3, 0.4) is 0 Å². The van der Waals surface area contributed by atoms with Crippen LogP contribution in [0, 0.1) is 0 Å². The van der Waals surface area contributed by atoms with Crippen LogP contribution in [0.15, 0.2) is 0 Å². The molecule has 2 atom stereocenters. The lowest BCUT2D eigenvalue weighted by atomic mass is 10.2. The van der Waals surface area contributed by atoms with Crippen LogP contribution in [0.2, 0.25) is 0 Å². The molecule has 0 radical (unpaired) electrons. The average Bonchev–Trinajstić information content (AvgIpc) is 2.92. The Balaban J connectivity index is 2.04. The second-order valence-corrected chi connectivity index (χ2v) is 4.97. The minimum absolute atomic E-state index is 0.0398. The van der Waals surface area contributed by atoms with Gasteiger partial charge in [-0.3, -0.25) is 0 Å². The molecule has 1 fully saturated rings. The van der Waals surface area contributed by atoms with Crippen LogP contribution >= 0.6 is 11.3 Å². The molecule has 2 aromatic rings. The average molecular weight is 239 g/mol. The van der Waals surface area contributed by atoms with Gasteiger partial charge in [0.25, 0.3) is 0 Å². The van der Waals surface area contributed by atoms with Gasteiger partial charge in [-0.15, -0.1) is 10.2 Å². The molecule has 7 heteroatoms. The van der Waals surface area contributed by atoms with Gasteiger partial charge in [0.2, 0.25) is 4.96 Å². The zero-order valence-electron chi connectivity index (χ0n) is 8.96. The van der Waals surface area contributed by atoms with Crippen molar-refractivity contribution in [3.05, 3.63) is 10.8 Å². The Labute approximate surface area is 96.4 Å². The van der Waals surface area contributed by atoms with Crippen molar-refractivity contribution < 1.29 is 4.74 Å². The standard InChI is InChI=1S/C9H13N5OS/c1-5(10)8-13-14-7(6-3-2-4-15-6)11-12-9(14)16-8/h5-6H,2-4,10H2,1H3. The molecule has 2 unspecified atom stereocenters. The van der Waals surface area contributed by atoms with E-state index < -0.39 is 0 Å². The largest absolute Gasteiger partial charge is 0.370 e. The van der Waals surface area contributed by atoms with Crippen molar-refractivity contribution in [2.24, 2.45) is 5.73 Å². The molecule has 16 heavy (non-hydrogen) atoms. The highest BCUT2D eigenvalue weighted by Crippen LogP contribution is 2.29. The van der Waals surface area contributed by atoms with Crippen LogP contribution < -0.4 is 5.73 Å². The topological polar surface area (TPSA) is 78.3 Å². The predicted molar refractivity (Wildman–Crippen MR) is 59.2 cm³/mol. The monoisotopic (exact) mass is 239 g/mol. The van der Waals surface area contributed by atoms with Crippen molar-refractivity contribution in [3.63, 3.8) is 0 Å². The van der Waals surface area contributed by atoms with E-state index in [-0.39, 0.29) is 12.1 Å². The van der Waals surface area contributed by atoms with E-state index in [1.54, 1.807) is 4.52 Å². The lowest BCUT2D eigenvalue weighted by Crippen LogP contribution is -2.07. The molecular formula is C9H13N5OS. The molecule has 0 spiro atoms. The summed E-state index contributed by atoms with van der Waals surface area (Å²) in [5.74, 6) is 0.802. The van der Waals surface area contributed by atoms with E-state index in [0.29, 0.717) is 0 Å². The summed E-state index contributed by atoms with van der Waals surface area (Å²) < 4.78 is 7.35. The highest BCUT2D eigenvalue weighted by Gasteiger charge is 2.25. The summed E-state index contributed by atoms with van der Waals surface area (Å²) in [4.78, 5) is 0.790. The van der Waals surface area contributed by atoms with Gasteiger partial charge >= 0.3 is 0 Å².